The first-order valence-electron chi connectivity index (χ1n) is 8.69. The van der Waals surface area contributed by atoms with Gasteiger partial charge < -0.3 is 14.6 Å². The van der Waals surface area contributed by atoms with Crippen molar-refractivity contribution in [1.82, 2.24) is 4.90 Å². The van der Waals surface area contributed by atoms with Crippen LogP contribution in [0, 0.1) is 0 Å². The summed E-state index contributed by atoms with van der Waals surface area (Å²) in [6, 6.07) is 9.64. The molecule has 0 radical (unpaired) electrons. The number of rotatable bonds is 4. The second-order valence-corrected chi connectivity index (χ2v) is 7.55. The third-order valence-corrected chi connectivity index (χ3v) is 5.63. The van der Waals surface area contributed by atoms with Crippen molar-refractivity contribution >= 4 is 52.2 Å². The fourth-order valence-electron chi connectivity index (χ4n) is 2.87. The molecule has 0 atom stereocenters. The second kappa shape index (κ2) is 7.81. The molecule has 7 nitrogen and oxygen atoms in total. The number of carboxylic acids is 1. The van der Waals surface area contributed by atoms with Crippen LogP contribution in [0.25, 0.3) is 6.08 Å². The van der Waals surface area contributed by atoms with Crippen molar-refractivity contribution in [3.63, 3.8) is 0 Å². The summed E-state index contributed by atoms with van der Waals surface area (Å²) in [6.45, 7) is 2.41. The normalized spacial score (nSPS) is 18.1. The van der Waals surface area contributed by atoms with Crippen LogP contribution in [0.5, 0.6) is 11.5 Å². The summed E-state index contributed by atoms with van der Waals surface area (Å²) in [6.07, 6.45) is 1.69. The van der Waals surface area contributed by atoms with Crippen molar-refractivity contribution in [3.05, 3.63) is 57.5 Å². The molecule has 2 aliphatic heterocycles. The standard InChI is InChI=1S/C20H15ClN2O5S/c1-2-23-18(24)17(8-12-7-15-16(9-14(12)21)28-10-27-15)29-20(23)22-13-5-3-4-11(6-13)19(25)26/h3-9H,2,10H2,1H3,(H,25,26). The highest BCUT2D eigenvalue weighted by atomic mass is 35.5. The number of fused-ring (bicyclic) bond motifs is 1. The number of carbonyl (C=O) groups is 2. The van der Waals surface area contributed by atoms with E-state index < -0.39 is 5.97 Å². The summed E-state index contributed by atoms with van der Waals surface area (Å²) < 4.78 is 10.7. The van der Waals surface area contributed by atoms with Gasteiger partial charge in [-0.3, -0.25) is 9.69 Å². The lowest BCUT2D eigenvalue weighted by Crippen LogP contribution is -2.28. The maximum Gasteiger partial charge on any atom is 0.335 e. The summed E-state index contributed by atoms with van der Waals surface area (Å²) >= 11 is 7.52. The Morgan fingerprint density at radius 3 is 2.79 bits per heavy atom. The van der Waals surface area contributed by atoms with Gasteiger partial charge in [0.25, 0.3) is 5.91 Å². The van der Waals surface area contributed by atoms with Gasteiger partial charge in [0.1, 0.15) is 0 Å². The number of thioether (sulfide) groups is 1. The minimum absolute atomic E-state index is 0.132. The zero-order valence-corrected chi connectivity index (χ0v) is 16.8. The lowest BCUT2D eigenvalue weighted by Gasteiger charge is -2.12. The number of nitrogens with zero attached hydrogens (tertiary/aromatic N) is 2. The molecule has 29 heavy (non-hydrogen) atoms. The molecule has 1 saturated heterocycles. The quantitative estimate of drug-likeness (QED) is 0.723. The molecular formula is C20H15ClN2O5S. The number of halogens is 1. The molecule has 2 aromatic carbocycles. The molecule has 0 aliphatic carbocycles. The SMILES string of the molecule is CCN1C(=O)C(=Cc2cc3c(cc2Cl)OCO3)SC1=Nc1cccc(C(=O)O)c1. The van der Waals surface area contributed by atoms with E-state index in [1.807, 2.05) is 6.92 Å². The zero-order chi connectivity index (χ0) is 20.5. The molecule has 2 heterocycles. The van der Waals surface area contributed by atoms with E-state index in [9.17, 15) is 9.59 Å². The molecule has 9 heteroatoms. The van der Waals surface area contributed by atoms with Crippen LogP contribution in [0.3, 0.4) is 0 Å². The van der Waals surface area contributed by atoms with E-state index in [1.54, 1.807) is 30.3 Å². The Morgan fingerprint density at radius 1 is 1.31 bits per heavy atom. The summed E-state index contributed by atoms with van der Waals surface area (Å²) in [5, 5.41) is 10.1. The minimum Gasteiger partial charge on any atom is -0.478 e. The first-order chi connectivity index (χ1) is 14.0. The molecule has 148 valence electrons. The number of amidine groups is 1. The molecule has 1 amide bonds. The number of carbonyl (C=O) groups excluding carboxylic acids is 1. The average Bonchev–Trinajstić information content (AvgIpc) is 3.26. The molecule has 1 N–H and O–H groups in total. The number of hydrogen-bond acceptors (Lipinski definition) is 6. The lowest BCUT2D eigenvalue weighted by molar-refractivity contribution is -0.122. The number of carboxylic acid groups (broad SMARTS) is 1. The predicted molar refractivity (Wildman–Crippen MR) is 111 cm³/mol. The van der Waals surface area contributed by atoms with Crippen molar-refractivity contribution < 1.29 is 24.2 Å². The van der Waals surface area contributed by atoms with Gasteiger partial charge in [0.15, 0.2) is 16.7 Å². The van der Waals surface area contributed by atoms with Gasteiger partial charge >= 0.3 is 5.97 Å². The first kappa shape index (κ1) is 19.4. The van der Waals surface area contributed by atoms with E-state index in [1.165, 1.54) is 28.8 Å². The number of aromatic carboxylic acids is 1. The Labute approximate surface area is 175 Å². The van der Waals surface area contributed by atoms with E-state index in [4.69, 9.17) is 26.2 Å². The van der Waals surface area contributed by atoms with E-state index in [2.05, 4.69) is 4.99 Å². The Kier molecular flexibility index (Phi) is 5.21. The largest absolute Gasteiger partial charge is 0.478 e. The summed E-state index contributed by atoms with van der Waals surface area (Å²) in [5.41, 5.74) is 1.23. The Bertz CT molecular complexity index is 1080. The van der Waals surface area contributed by atoms with Crippen LogP contribution < -0.4 is 9.47 Å². The maximum absolute atomic E-state index is 12.8. The van der Waals surface area contributed by atoms with E-state index in [0.29, 0.717) is 44.4 Å². The van der Waals surface area contributed by atoms with Crippen LogP contribution in [0.1, 0.15) is 22.8 Å². The summed E-state index contributed by atoms with van der Waals surface area (Å²) in [5.74, 6) is -0.0892. The van der Waals surface area contributed by atoms with Gasteiger partial charge in [-0.25, -0.2) is 9.79 Å². The van der Waals surface area contributed by atoms with Crippen LogP contribution >= 0.6 is 23.4 Å². The van der Waals surface area contributed by atoms with Gasteiger partial charge in [-0.15, -0.1) is 0 Å². The Balaban J connectivity index is 1.68. The smallest absolute Gasteiger partial charge is 0.335 e. The molecule has 0 aromatic heterocycles. The fraction of sp³-hybridized carbons (Fsp3) is 0.150. The highest BCUT2D eigenvalue weighted by molar-refractivity contribution is 8.18. The molecular weight excluding hydrogens is 416 g/mol. The van der Waals surface area contributed by atoms with Gasteiger partial charge in [-0.2, -0.15) is 0 Å². The van der Waals surface area contributed by atoms with Crippen LogP contribution in [-0.4, -0.2) is 40.4 Å². The molecule has 0 bridgehead atoms. The number of likely N-dealkylation sites (N-methyl/N-ethyl adjacent to an activating group) is 1. The molecule has 0 saturated carbocycles. The molecule has 2 aromatic rings. The predicted octanol–water partition coefficient (Wildman–Crippen LogP) is 4.39. The second-order valence-electron chi connectivity index (χ2n) is 6.14. The third-order valence-electron chi connectivity index (χ3n) is 4.30. The molecule has 4 rings (SSSR count). The highest BCUT2D eigenvalue weighted by Crippen LogP contribution is 2.40. The van der Waals surface area contributed by atoms with Crippen molar-refractivity contribution in [2.45, 2.75) is 6.92 Å². The van der Waals surface area contributed by atoms with Crippen molar-refractivity contribution in [1.29, 1.82) is 0 Å². The number of hydrogen-bond donors (Lipinski definition) is 1. The summed E-state index contributed by atoms with van der Waals surface area (Å²) in [4.78, 5) is 30.5. The Hall–Kier alpha value is -2.97. The van der Waals surface area contributed by atoms with Crippen LogP contribution in [0.2, 0.25) is 5.02 Å². The number of amides is 1. The lowest BCUT2D eigenvalue weighted by atomic mass is 10.2. The van der Waals surface area contributed by atoms with Crippen molar-refractivity contribution in [2.75, 3.05) is 13.3 Å². The number of ether oxygens (including phenoxy) is 2. The summed E-state index contributed by atoms with van der Waals surface area (Å²) in [7, 11) is 0. The van der Waals surface area contributed by atoms with E-state index in [0.717, 1.165) is 0 Å². The highest BCUT2D eigenvalue weighted by Gasteiger charge is 2.32. The van der Waals surface area contributed by atoms with Gasteiger partial charge in [0, 0.05) is 12.6 Å². The topological polar surface area (TPSA) is 88.4 Å². The zero-order valence-electron chi connectivity index (χ0n) is 15.2. The van der Waals surface area contributed by atoms with E-state index >= 15 is 0 Å². The Morgan fingerprint density at radius 2 is 2.07 bits per heavy atom. The fourth-order valence-corrected chi connectivity index (χ4v) is 4.14. The first-order valence-corrected chi connectivity index (χ1v) is 9.88. The average molecular weight is 431 g/mol. The van der Waals surface area contributed by atoms with Crippen molar-refractivity contribution in [3.8, 4) is 11.5 Å². The number of benzene rings is 2. The minimum atomic E-state index is -1.03. The van der Waals surface area contributed by atoms with Gasteiger partial charge in [-0.1, -0.05) is 17.7 Å². The van der Waals surface area contributed by atoms with Gasteiger partial charge in [0.05, 0.1) is 21.2 Å². The number of aliphatic imine (C=N–C) groups is 1. The maximum atomic E-state index is 12.8. The van der Waals surface area contributed by atoms with Gasteiger partial charge in [0.2, 0.25) is 6.79 Å². The van der Waals surface area contributed by atoms with Crippen molar-refractivity contribution in [2.24, 2.45) is 4.99 Å². The van der Waals surface area contributed by atoms with Crippen LogP contribution in [-0.2, 0) is 4.79 Å². The molecule has 0 unspecified atom stereocenters. The molecule has 0 spiro atoms. The van der Waals surface area contributed by atoms with Crippen LogP contribution in [0.15, 0.2) is 46.3 Å². The van der Waals surface area contributed by atoms with E-state index in [-0.39, 0.29) is 18.3 Å². The molecule has 1 fully saturated rings. The van der Waals surface area contributed by atoms with Crippen LogP contribution in [0.4, 0.5) is 5.69 Å². The monoisotopic (exact) mass is 430 g/mol. The third kappa shape index (κ3) is 3.81. The molecule has 2 aliphatic rings. The van der Waals surface area contributed by atoms with Gasteiger partial charge in [-0.05, 0) is 54.6 Å².